The number of morpholine rings is 1. The Hall–Kier alpha value is -1.44. The van der Waals surface area contributed by atoms with Crippen molar-refractivity contribution in [2.75, 3.05) is 50.1 Å². The van der Waals surface area contributed by atoms with E-state index < -0.39 is 0 Å². The number of nitrogen functional groups attached to an aromatic ring is 1. The number of anilines is 2. The Morgan fingerprint density at radius 1 is 1.28 bits per heavy atom. The van der Waals surface area contributed by atoms with Crippen LogP contribution in [-0.2, 0) is 4.74 Å². The van der Waals surface area contributed by atoms with Gasteiger partial charge in [-0.25, -0.2) is 15.8 Å². The molecule has 1 aliphatic rings. The summed E-state index contributed by atoms with van der Waals surface area (Å²) in [6.07, 6.45) is 2.56. The number of hydrogen-bond acceptors (Lipinski definition) is 7. The number of aromatic nitrogens is 2. The van der Waals surface area contributed by atoms with E-state index in [4.69, 9.17) is 10.6 Å². The normalized spacial score (nSPS) is 16.5. The van der Waals surface area contributed by atoms with E-state index in [1.54, 1.807) is 6.07 Å². The summed E-state index contributed by atoms with van der Waals surface area (Å²) >= 11 is 0. The second kappa shape index (κ2) is 7.10. The highest BCUT2D eigenvalue weighted by Gasteiger charge is 2.08. The van der Waals surface area contributed by atoms with E-state index in [2.05, 4.69) is 25.6 Å². The second-order valence-corrected chi connectivity index (χ2v) is 4.17. The van der Waals surface area contributed by atoms with Crippen molar-refractivity contribution in [1.29, 1.82) is 0 Å². The molecule has 1 aromatic rings. The Balaban J connectivity index is 1.65. The fourth-order valence-electron chi connectivity index (χ4n) is 1.88. The molecule has 0 radical (unpaired) electrons. The van der Waals surface area contributed by atoms with Crippen molar-refractivity contribution in [3.63, 3.8) is 0 Å². The zero-order chi connectivity index (χ0) is 12.6. The van der Waals surface area contributed by atoms with Crippen molar-refractivity contribution in [3.05, 3.63) is 12.4 Å². The molecule has 18 heavy (non-hydrogen) atoms. The van der Waals surface area contributed by atoms with Crippen LogP contribution in [0.5, 0.6) is 0 Å². The average molecular weight is 252 g/mol. The lowest BCUT2D eigenvalue weighted by Crippen LogP contribution is -2.37. The Morgan fingerprint density at radius 3 is 2.83 bits per heavy atom. The monoisotopic (exact) mass is 252 g/mol. The molecule has 1 aliphatic heterocycles. The first-order valence-corrected chi connectivity index (χ1v) is 6.21. The molecule has 2 heterocycles. The molecule has 0 bridgehead atoms. The van der Waals surface area contributed by atoms with Crippen molar-refractivity contribution < 1.29 is 4.74 Å². The van der Waals surface area contributed by atoms with Gasteiger partial charge in [0.15, 0.2) is 0 Å². The van der Waals surface area contributed by atoms with Crippen LogP contribution in [0.25, 0.3) is 0 Å². The van der Waals surface area contributed by atoms with E-state index in [1.165, 1.54) is 6.33 Å². The molecule has 4 N–H and O–H groups in total. The summed E-state index contributed by atoms with van der Waals surface area (Å²) in [6.45, 7) is 5.75. The lowest BCUT2D eigenvalue weighted by molar-refractivity contribution is 0.0378. The smallest absolute Gasteiger partial charge is 0.145 e. The number of hydrogen-bond donors (Lipinski definition) is 3. The maximum atomic E-state index is 5.31. The fraction of sp³-hybridized carbons (Fsp3) is 0.636. The predicted octanol–water partition coefficient (Wildman–Crippen LogP) is -0.104. The van der Waals surface area contributed by atoms with Crippen LogP contribution in [0.2, 0.25) is 0 Å². The molecule has 0 saturated carbocycles. The Kier molecular flexibility index (Phi) is 5.13. The molecule has 7 nitrogen and oxygen atoms in total. The Labute approximate surface area is 107 Å². The van der Waals surface area contributed by atoms with Gasteiger partial charge in [-0.2, -0.15) is 0 Å². The van der Waals surface area contributed by atoms with Crippen molar-refractivity contribution in [3.8, 4) is 0 Å². The van der Waals surface area contributed by atoms with Crippen LogP contribution in [0.3, 0.4) is 0 Å². The molecule has 100 valence electrons. The highest BCUT2D eigenvalue weighted by atomic mass is 16.5. The van der Waals surface area contributed by atoms with Crippen LogP contribution in [0, 0.1) is 0 Å². The van der Waals surface area contributed by atoms with Crippen LogP contribution in [0.1, 0.15) is 6.42 Å². The van der Waals surface area contributed by atoms with Gasteiger partial charge in [0.25, 0.3) is 0 Å². The molecule has 1 fully saturated rings. The van der Waals surface area contributed by atoms with Gasteiger partial charge in [0, 0.05) is 25.7 Å². The molecule has 7 heteroatoms. The van der Waals surface area contributed by atoms with Crippen LogP contribution in [0.15, 0.2) is 12.4 Å². The van der Waals surface area contributed by atoms with Crippen LogP contribution >= 0.6 is 0 Å². The van der Waals surface area contributed by atoms with E-state index in [-0.39, 0.29) is 0 Å². The van der Waals surface area contributed by atoms with E-state index in [0.717, 1.165) is 51.6 Å². The Bertz CT molecular complexity index is 355. The van der Waals surface area contributed by atoms with Gasteiger partial charge >= 0.3 is 0 Å². The maximum absolute atomic E-state index is 5.31. The molecule has 0 aliphatic carbocycles. The van der Waals surface area contributed by atoms with Gasteiger partial charge in [-0.15, -0.1) is 0 Å². The average Bonchev–Trinajstić information content (AvgIpc) is 2.45. The summed E-state index contributed by atoms with van der Waals surface area (Å²) in [5.41, 5.74) is 2.50. The van der Waals surface area contributed by atoms with Crippen LogP contribution < -0.4 is 16.6 Å². The molecule has 0 atom stereocenters. The Morgan fingerprint density at radius 2 is 2.06 bits per heavy atom. The second-order valence-electron chi connectivity index (χ2n) is 4.17. The quantitative estimate of drug-likeness (QED) is 0.370. The number of ether oxygens (including phenoxy) is 1. The minimum atomic E-state index is 0.612. The molecule has 0 spiro atoms. The molecule has 0 unspecified atom stereocenters. The van der Waals surface area contributed by atoms with Crippen molar-refractivity contribution in [1.82, 2.24) is 14.9 Å². The van der Waals surface area contributed by atoms with Crippen molar-refractivity contribution >= 4 is 11.6 Å². The summed E-state index contributed by atoms with van der Waals surface area (Å²) in [6, 6.07) is 1.79. The summed E-state index contributed by atoms with van der Waals surface area (Å²) in [4.78, 5) is 10.5. The third-order valence-electron chi connectivity index (χ3n) is 2.88. The van der Waals surface area contributed by atoms with Gasteiger partial charge in [-0.3, -0.25) is 4.90 Å². The van der Waals surface area contributed by atoms with Gasteiger partial charge in [-0.1, -0.05) is 0 Å². The zero-order valence-corrected chi connectivity index (χ0v) is 10.4. The zero-order valence-electron chi connectivity index (χ0n) is 10.4. The number of rotatable bonds is 6. The third-order valence-corrected chi connectivity index (χ3v) is 2.88. The summed E-state index contributed by atoms with van der Waals surface area (Å²) in [7, 11) is 0. The number of nitrogens with zero attached hydrogens (tertiary/aromatic N) is 3. The molecule has 0 aromatic carbocycles. The molecule has 0 amide bonds. The summed E-state index contributed by atoms with van der Waals surface area (Å²) in [5.74, 6) is 6.69. The first-order valence-electron chi connectivity index (χ1n) is 6.21. The molecular weight excluding hydrogens is 232 g/mol. The number of hydrazine groups is 1. The van der Waals surface area contributed by atoms with Crippen molar-refractivity contribution in [2.45, 2.75) is 6.42 Å². The first kappa shape index (κ1) is 13.0. The molecular formula is C11H20N6O. The van der Waals surface area contributed by atoms with Gasteiger partial charge in [0.1, 0.15) is 18.0 Å². The summed E-state index contributed by atoms with van der Waals surface area (Å²) in [5, 5.41) is 3.25. The van der Waals surface area contributed by atoms with Crippen LogP contribution in [-0.4, -0.2) is 54.3 Å². The number of nitrogens with one attached hydrogen (secondary N) is 2. The lowest BCUT2D eigenvalue weighted by Gasteiger charge is -2.26. The third kappa shape index (κ3) is 4.10. The summed E-state index contributed by atoms with van der Waals surface area (Å²) < 4.78 is 5.31. The van der Waals surface area contributed by atoms with E-state index in [0.29, 0.717) is 5.82 Å². The standard InChI is InChI=1S/C11H20N6O/c12-16-11-8-10(14-9-15-11)13-2-1-3-17-4-6-18-7-5-17/h8-9H,1-7,12H2,(H2,13,14,15,16). The predicted molar refractivity (Wildman–Crippen MR) is 70.2 cm³/mol. The largest absolute Gasteiger partial charge is 0.379 e. The topological polar surface area (TPSA) is 88.3 Å². The van der Waals surface area contributed by atoms with Gasteiger partial charge < -0.3 is 15.5 Å². The van der Waals surface area contributed by atoms with Crippen LogP contribution in [0.4, 0.5) is 11.6 Å². The SMILES string of the molecule is NNc1cc(NCCCN2CCOCC2)ncn1. The minimum Gasteiger partial charge on any atom is -0.379 e. The molecule has 1 aromatic heterocycles. The molecule has 2 rings (SSSR count). The number of nitrogens with two attached hydrogens (primary N) is 1. The fourth-order valence-corrected chi connectivity index (χ4v) is 1.88. The highest BCUT2D eigenvalue weighted by molar-refractivity contribution is 5.45. The van der Waals surface area contributed by atoms with E-state index in [1.807, 2.05) is 0 Å². The highest BCUT2D eigenvalue weighted by Crippen LogP contribution is 2.07. The molecule has 1 saturated heterocycles. The minimum absolute atomic E-state index is 0.612. The maximum Gasteiger partial charge on any atom is 0.145 e. The lowest BCUT2D eigenvalue weighted by atomic mass is 10.3. The van der Waals surface area contributed by atoms with E-state index >= 15 is 0 Å². The van der Waals surface area contributed by atoms with Gasteiger partial charge in [-0.05, 0) is 13.0 Å². The first-order chi connectivity index (χ1) is 8.88. The van der Waals surface area contributed by atoms with Crippen molar-refractivity contribution in [2.24, 2.45) is 5.84 Å². The van der Waals surface area contributed by atoms with E-state index in [9.17, 15) is 0 Å². The van der Waals surface area contributed by atoms with Gasteiger partial charge in [0.05, 0.1) is 13.2 Å². The van der Waals surface area contributed by atoms with Gasteiger partial charge in [0.2, 0.25) is 0 Å².